The van der Waals surface area contributed by atoms with E-state index in [2.05, 4.69) is 4.98 Å². The third-order valence-corrected chi connectivity index (χ3v) is 4.08. The Balaban J connectivity index is 2.05. The zero-order valence-corrected chi connectivity index (χ0v) is 12.3. The molecule has 23 heavy (non-hydrogen) atoms. The van der Waals surface area contributed by atoms with Crippen LogP contribution in [0.25, 0.3) is 10.9 Å². The minimum Gasteiger partial charge on any atom is -0.423 e. The topological polar surface area (TPSA) is 56.6 Å². The van der Waals surface area contributed by atoms with Crippen molar-refractivity contribution in [3.05, 3.63) is 30.1 Å². The Bertz CT molecular complexity index is 727. The number of alkyl halides is 2. The summed E-state index contributed by atoms with van der Waals surface area (Å²) in [5.41, 5.74) is 0.481. The van der Waals surface area contributed by atoms with Crippen molar-refractivity contribution in [1.82, 2.24) is 4.98 Å². The highest BCUT2D eigenvalue weighted by Crippen LogP contribution is 2.29. The molecule has 8 heteroatoms. The Morgan fingerprint density at radius 3 is 2.65 bits per heavy atom. The predicted octanol–water partition coefficient (Wildman–Crippen LogP) is 1.68. The Kier molecular flexibility index (Phi) is 4.20. The van der Waals surface area contributed by atoms with Crippen LogP contribution in [0.5, 0.6) is 0 Å². The first-order valence-electron chi connectivity index (χ1n) is 7.45. The summed E-state index contributed by atoms with van der Waals surface area (Å²) < 4.78 is 40.4. The molecule has 0 saturated carbocycles. The molecule has 122 valence electrons. The SMILES string of the molecule is OB(O)c1cc2ccc(F)cc2nc1N1CCCC(F)(F)CC1. The molecule has 2 N–H and O–H groups in total. The first kappa shape index (κ1) is 16.1. The van der Waals surface area contributed by atoms with Gasteiger partial charge in [-0.2, -0.15) is 0 Å². The number of halogens is 3. The van der Waals surface area contributed by atoms with Gasteiger partial charge >= 0.3 is 7.12 Å². The number of hydrogen-bond donors (Lipinski definition) is 2. The minimum atomic E-state index is -2.73. The Labute approximate surface area is 131 Å². The van der Waals surface area contributed by atoms with Crippen LogP contribution in [0.3, 0.4) is 0 Å². The van der Waals surface area contributed by atoms with Gasteiger partial charge in [0.2, 0.25) is 5.92 Å². The highest BCUT2D eigenvalue weighted by atomic mass is 19.3. The molecule has 3 rings (SSSR count). The highest BCUT2D eigenvalue weighted by molar-refractivity contribution is 6.60. The van der Waals surface area contributed by atoms with Crippen molar-refractivity contribution < 1.29 is 23.2 Å². The summed E-state index contributed by atoms with van der Waals surface area (Å²) in [7, 11) is -1.78. The molecule has 0 unspecified atom stereocenters. The summed E-state index contributed by atoms with van der Waals surface area (Å²) in [6, 6.07) is 5.48. The molecule has 1 aromatic heterocycles. The lowest BCUT2D eigenvalue weighted by Crippen LogP contribution is -2.39. The van der Waals surface area contributed by atoms with Crippen LogP contribution >= 0.6 is 0 Å². The van der Waals surface area contributed by atoms with Crippen molar-refractivity contribution >= 4 is 29.3 Å². The lowest BCUT2D eigenvalue weighted by atomic mass is 9.79. The minimum absolute atomic E-state index is 0.0561. The van der Waals surface area contributed by atoms with Crippen molar-refractivity contribution in [2.24, 2.45) is 0 Å². The smallest absolute Gasteiger partial charge is 0.423 e. The molecule has 0 spiro atoms. The molecule has 0 amide bonds. The van der Waals surface area contributed by atoms with Crippen LogP contribution in [0.15, 0.2) is 24.3 Å². The summed E-state index contributed by atoms with van der Waals surface area (Å²) >= 11 is 0. The maximum absolute atomic E-state index is 13.5. The predicted molar refractivity (Wildman–Crippen MR) is 82.5 cm³/mol. The van der Waals surface area contributed by atoms with Crippen LogP contribution in [-0.4, -0.2) is 41.2 Å². The van der Waals surface area contributed by atoms with E-state index in [0.717, 1.165) is 0 Å². The van der Waals surface area contributed by atoms with Gasteiger partial charge < -0.3 is 14.9 Å². The molecule has 0 bridgehead atoms. The number of hydrogen-bond acceptors (Lipinski definition) is 4. The Morgan fingerprint density at radius 1 is 1.13 bits per heavy atom. The van der Waals surface area contributed by atoms with Crippen LogP contribution in [0.2, 0.25) is 0 Å². The second-order valence-electron chi connectivity index (χ2n) is 5.81. The lowest BCUT2D eigenvalue weighted by Gasteiger charge is -2.24. The lowest BCUT2D eigenvalue weighted by molar-refractivity contribution is -0.0102. The Hall–Kier alpha value is -1.80. The monoisotopic (exact) mass is 324 g/mol. The summed E-state index contributed by atoms with van der Waals surface area (Å²) in [5.74, 6) is -2.97. The standard InChI is InChI=1S/C15H16BF3N2O2/c17-11-3-2-10-8-12(16(22)23)14(20-13(10)9-11)21-6-1-4-15(18,19)5-7-21/h2-3,8-9,22-23H,1,4-7H2. The number of aromatic nitrogens is 1. The molecule has 0 aliphatic carbocycles. The van der Waals surface area contributed by atoms with E-state index in [4.69, 9.17) is 0 Å². The first-order chi connectivity index (χ1) is 10.9. The van der Waals surface area contributed by atoms with Crippen molar-refractivity contribution in [2.45, 2.75) is 25.2 Å². The fraction of sp³-hybridized carbons (Fsp3) is 0.400. The average Bonchev–Trinajstić information content (AvgIpc) is 2.66. The summed E-state index contributed by atoms with van der Waals surface area (Å²) in [4.78, 5) is 5.90. The van der Waals surface area contributed by atoms with Gasteiger partial charge in [-0.25, -0.2) is 18.2 Å². The molecule has 0 radical (unpaired) electrons. The second-order valence-corrected chi connectivity index (χ2v) is 5.81. The van der Waals surface area contributed by atoms with Gasteiger partial charge in [0.1, 0.15) is 11.6 Å². The van der Waals surface area contributed by atoms with Crippen molar-refractivity contribution in [3.63, 3.8) is 0 Å². The van der Waals surface area contributed by atoms with Gasteiger partial charge in [0.25, 0.3) is 0 Å². The molecule has 2 aromatic rings. The quantitative estimate of drug-likeness (QED) is 0.826. The van der Waals surface area contributed by atoms with Crippen molar-refractivity contribution in [3.8, 4) is 0 Å². The summed E-state index contributed by atoms with van der Waals surface area (Å²) in [5, 5.41) is 19.7. The molecular weight excluding hydrogens is 308 g/mol. The average molecular weight is 324 g/mol. The number of benzene rings is 1. The van der Waals surface area contributed by atoms with Crippen LogP contribution in [0.1, 0.15) is 19.3 Å². The van der Waals surface area contributed by atoms with E-state index in [1.807, 2.05) is 0 Å². The maximum Gasteiger partial charge on any atom is 0.492 e. The number of rotatable bonds is 2. The normalized spacial score (nSPS) is 18.0. The van der Waals surface area contributed by atoms with Gasteiger partial charge in [0.15, 0.2) is 0 Å². The van der Waals surface area contributed by atoms with Crippen molar-refractivity contribution in [1.29, 1.82) is 0 Å². The number of pyridine rings is 1. The maximum atomic E-state index is 13.5. The fourth-order valence-corrected chi connectivity index (χ4v) is 2.87. The fourth-order valence-electron chi connectivity index (χ4n) is 2.87. The van der Waals surface area contributed by atoms with Crippen LogP contribution < -0.4 is 10.4 Å². The van der Waals surface area contributed by atoms with Gasteiger partial charge in [0, 0.05) is 42.8 Å². The van der Waals surface area contributed by atoms with Gasteiger partial charge in [-0.05, 0) is 24.6 Å². The van der Waals surface area contributed by atoms with Gasteiger partial charge in [-0.3, -0.25) is 0 Å². The number of fused-ring (bicyclic) bond motifs is 1. The summed E-state index contributed by atoms with van der Waals surface area (Å²) in [6.45, 7) is 0.393. The molecule has 4 nitrogen and oxygen atoms in total. The van der Waals surface area contributed by atoms with E-state index in [-0.39, 0.29) is 37.1 Å². The highest BCUT2D eigenvalue weighted by Gasteiger charge is 2.33. The van der Waals surface area contributed by atoms with Gasteiger partial charge in [-0.1, -0.05) is 0 Å². The van der Waals surface area contributed by atoms with Crippen molar-refractivity contribution in [2.75, 3.05) is 18.0 Å². The van der Waals surface area contributed by atoms with Crippen LogP contribution in [0, 0.1) is 5.82 Å². The van der Waals surface area contributed by atoms with Crippen LogP contribution in [-0.2, 0) is 0 Å². The van der Waals surface area contributed by atoms with Gasteiger partial charge in [-0.15, -0.1) is 0 Å². The van der Waals surface area contributed by atoms with E-state index >= 15 is 0 Å². The molecule has 0 atom stereocenters. The zero-order chi connectivity index (χ0) is 16.6. The molecular formula is C15H16BF3N2O2. The summed E-state index contributed by atoms with van der Waals surface area (Å²) in [6.07, 6.45) is -0.254. The molecule has 2 heterocycles. The molecule has 1 aromatic carbocycles. The van der Waals surface area contributed by atoms with E-state index in [9.17, 15) is 23.2 Å². The number of anilines is 1. The number of nitrogens with zero attached hydrogens (tertiary/aromatic N) is 2. The van der Waals surface area contributed by atoms with E-state index < -0.39 is 18.9 Å². The van der Waals surface area contributed by atoms with E-state index in [1.54, 1.807) is 4.90 Å². The zero-order valence-electron chi connectivity index (χ0n) is 12.3. The largest absolute Gasteiger partial charge is 0.492 e. The van der Waals surface area contributed by atoms with Gasteiger partial charge in [0.05, 0.1) is 5.52 Å². The molecule has 1 aliphatic rings. The third kappa shape index (κ3) is 3.43. The van der Waals surface area contributed by atoms with Crippen LogP contribution in [0.4, 0.5) is 19.0 Å². The van der Waals surface area contributed by atoms with E-state index in [1.165, 1.54) is 24.3 Å². The molecule has 1 fully saturated rings. The molecule has 1 aliphatic heterocycles. The second kappa shape index (κ2) is 6.01. The first-order valence-corrected chi connectivity index (χ1v) is 7.45. The molecule has 1 saturated heterocycles. The Morgan fingerprint density at radius 2 is 1.91 bits per heavy atom. The third-order valence-electron chi connectivity index (χ3n) is 4.08. The van der Waals surface area contributed by atoms with E-state index in [0.29, 0.717) is 17.4 Å².